The van der Waals surface area contributed by atoms with Gasteiger partial charge in [-0.1, -0.05) is 36.4 Å². The maximum Gasteiger partial charge on any atom is 0.304 e. The summed E-state index contributed by atoms with van der Waals surface area (Å²) in [6, 6.07) is 18.1. The topological polar surface area (TPSA) is 105 Å². The maximum absolute atomic E-state index is 11.9. The third-order valence-electron chi connectivity index (χ3n) is 6.46. The van der Waals surface area contributed by atoms with E-state index in [0.29, 0.717) is 18.0 Å². The molecule has 0 saturated carbocycles. The van der Waals surface area contributed by atoms with Crippen LogP contribution in [0.5, 0.6) is 5.75 Å². The van der Waals surface area contributed by atoms with E-state index in [0.717, 1.165) is 46.0 Å². The summed E-state index contributed by atoms with van der Waals surface area (Å²) in [6.07, 6.45) is -0.0275. The van der Waals surface area contributed by atoms with E-state index in [2.05, 4.69) is 29.4 Å². The van der Waals surface area contributed by atoms with Crippen molar-refractivity contribution in [3.05, 3.63) is 82.4 Å². The average Bonchev–Trinajstić information content (AvgIpc) is 3.02. The van der Waals surface area contributed by atoms with Crippen molar-refractivity contribution < 1.29 is 14.6 Å². The fraction of sp³-hybridized carbons (Fsp3) is 0.296. The van der Waals surface area contributed by atoms with Crippen LogP contribution in [0.2, 0.25) is 0 Å². The number of nitrogen functional groups attached to an aromatic ring is 1. The first kappa shape index (κ1) is 24.9. The Bertz CT molecular complexity index is 1230. The van der Waals surface area contributed by atoms with Crippen LogP contribution in [-0.2, 0) is 11.3 Å². The largest absolute Gasteiger partial charge is 0.491 e. The van der Waals surface area contributed by atoms with Gasteiger partial charge in [-0.2, -0.15) is 0 Å². The first-order valence-corrected chi connectivity index (χ1v) is 12.3. The van der Waals surface area contributed by atoms with Gasteiger partial charge in [-0.3, -0.25) is 4.79 Å². The molecule has 184 valence electrons. The summed E-state index contributed by atoms with van der Waals surface area (Å²) in [6.45, 7) is 6.14. The van der Waals surface area contributed by atoms with Gasteiger partial charge in [0.25, 0.3) is 0 Å². The Morgan fingerprint density at radius 1 is 1.20 bits per heavy atom. The lowest BCUT2D eigenvalue weighted by Gasteiger charge is -2.25. The number of carboxylic acid groups (broad SMARTS) is 1. The van der Waals surface area contributed by atoms with E-state index in [9.17, 15) is 9.90 Å². The normalized spacial score (nSPS) is 14.5. The Kier molecular flexibility index (Phi) is 7.54. The van der Waals surface area contributed by atoms with E-state index in [1.54, 1.807) is 19.0 Å². The van der Waals surface area contributed by atoms with Crippen LogP contribution in [0.4, 0.5) is 11.4 Å². The number of nitrogens with zero attached hydrogens (tertiary/aromatic N) is 2. The molecule has 0 saturated heterocycles. The number of hydrogen-bond donors (Lipinski definition) is 3. The third-order valence-corrected chi connectivity index (χ3v) is 7.57. The van der Waals surface area contributed by atoms with Gasteiger partial charge in [0.1, 0.15) is 12.4 Å². The summed E-state index contributed by atoms with van der Waals surface area (Å²) < 4.78 is 8.20. The molecule has 7 nitrogen and oxygen atoms in total. The van der Waals surface area contributed by atoms with Gasteiger partial charge in [-0.05, 0) is 71.8 Å². The first-order chi connectivity index (χ1) is 16.7. The summed E-state index contributed by atoms with van der Waals surface area (Å²) in [5, 5.41) is 11.2. The molecule has 1 heterocycles. The second-order valence-corrected chi connectivity index (χ2v) is 10.0. The number of carboxylic acids is 1. The van der Waals surface area contributed by atoms with E-state index in [-0.39, 0.29) is 12.3 Å². The SMILES string of the molecule is Cc1ccc(C(CC(=O)O)c2ccc(N(C)N)c(N)c2C)cc1CN1CCOc2ccccc2S1. The lowest BCUT2D eigenvalue weighted by molar-refractivity contribution is -0.137. The summed E-state index contributed by atoms with van der Waals surface area (Å²) in [7, 11) is 1.73. The molecule has 1 atom stereocenters. The van der Waals surface area contributed by atoms with Crippen molar-refractivity contribution in [2.75, 3.05) is 30.9 Å². The molecular weight excluding hydrogens is 460 g/mol. The molecule has 3 aromatic rings. The second kappa shape index (κ2) is 10.6. The molecular formula is C27H32N4O3S. The monoisotopic (exact) mass is 492 g/mol. The van der Waals surface area contributed by atoms with Crippen LogP contribution in [0, 0.1) is 13.8 Å². The molecule has 1 unspecified atom stereocenters. The van der Waals surface area contributed by atoms with E-state index in [4.69, 9.17) is 16.3 Å². The van der Waals surface area contributed by atoms with E-state index in [1.807, 2.05) is 43.3 Å². The fourth-order valence-corrected chi connectivity index (χ4v) is 5.47. The van der Waals surface area contributed by atoms with Crippen molar-refractivity contribution in [1.29, 1.82) is 0 Å². The zero-order valence-corrected chi connectivity index (χ0v) is 21.1. The number of rotatable bonds is 7. The summed E-state index contributed by atoms with van der Waals surface area (Å²) in [4.78, 5) is 13.0. The molecule has 0 radical (unpaired) electrons. The number of aliphatic carboxylic acids is 1. The van der Waals surface area contributed by atoms with Gasteiger partial charge in [0.15, 0.2) is 0 Å². The number of anilines is 2. The molecule has 4 rings (SSSR count). The average molecular weight is 493 g/mol. The molecule has 0 amide bonds. The van der Waals surface area contributed by atoms with Gasteiger partial charge in [-0.15, -0.1) is 0 Å². The highest BCUT2D eigenvalue weighted by Crippen LogP contribution is 2.38. The predicted octanol–water partition coefficient (Wildman–Crippen LogP) is 4.70. The standard InChI is InChI=1S/C27H32N4O3S/c1-17-8-9-19(14-20(17)16-31-12-13-34-24-6-4-5-7-25(24)35-31)22(15-26(32)33)21-10-11-23(30(3)29)27(28)18(21)2/h4-11,14,22H,12-13,15-16,28-29H2,1-3H3,(H,32,33). The molecule has 3 aromatic carbocycles. The van der Waals surface area contributed by atoms with Crippen molar-refractivity contribution in [3.63, 3.8) is 0 Å². The Hall–Kier alpha value is -3.20. The number of hydrogen-bond acceptors (Lipinski definition) is 7. The number of benzene rings is 3. The Labute approximate surface area is 210 Å². The minimum atomic E-state index is -0.855. The predicted molar refractivity (Wildman–Crippen MR) is 142 cm³/mol. The highest BCUT2D eigenvalue weighted by atomic mass is 32.2. The van der Waals surface area contributed by atoms with Gasteiger partial charge < -0.3 is 20.6 Å². The van der Waals surface area contributed by atoms with Crippen molar-refractivity contribution in [2.24, 2.45) is 5.84 Å². The number of carbonyl (C=O) groups is 1. The molecule has 35 heavy (non-hydrogen) atoms. The number of fused-ring (bicyclic) bond motifs is 1. The lowest BCUT2D eigenvalue weighted by atomic mass is 9.84. The quantitative estimate of drug-likeness (QED) is 0.189. The number of nitrogens with two attached hydrogens (primary N) is 2. The lowest BCUT2D eigenvalue weighted by Crippen LogP contribution is -2.26. The van der Waals surface area contributed by atoms with Crippen LogP contribution in [0.1, 0.15) is 40.2 Å². The van der Waals surface area contributed by atoms with Gasteiger partial charge in [0.05, 0.1) is 22.7 Å². The molecule has 0 fully saturated rings. The Morgan fingerprint density at radius 3 is 2.71 bits per heavy atom. The van der Waals surface area contributed by atoms with Crippen LogP contribution < -0.4 is 21.3 Å². The van der Waals surface area contributed by atoms with Crippen LogP contribution in [0.25, 0.3) is 0 Å². The van der Waals surface area contributed by atoms with Crippen molar-refractivity contribution in [1.82, 2.24) is 4.31 Å². The highest BCUT2D eigenvalue weighted by Gasteiger charge is 2.24. The van der Waals surface area contributed by atoms with Crippen LogP contribution in [-0.4, -0.2) is 35.6 Å². The highest BCUT2D eigenvalue weighted by molar-refractivity contribution is 7.97. The van der Waals surface area contributed by atoms with E-state index in [1.165, 1.54) is 10.6 Å². The Balaban J connectivity index is 1.67. The molecule has 8 heteroatoms. The fourth-order valence-electron chi connectivity index (χ4n) is 4.46. The van der Waals surface area contributed by atoms with E-state index >= 15 is 0 Å². The van der Waals surface area contributed by atoms with Crippen molar-refractivity contribution >= 4 is 29.3 Å². The van der Waals surface area contributed by atoms with Crippen LogP contribution >= 0.6 is 11.9 Å². The van der Waals surface area contributed by atoms with Gasteiger partial charge >= 0.3 is 5.97 Å². The zero-order chi connectivity index (χ0) is 25.1. The number of para-hydroxylation sites is 1. The third kappa shape index (κ3) is 5.56. The number of ether oxygens (including phenoxy) is 1. The minimum Gasteiger partial charge on any atom is -0.491 e. The molecule has 0 aliphatic carbocycles. The Morgan fingerprint density at radius 2 is 1.97 bits per heavy atom. The molecule has 0 spiro atoms. The summed E-state index contributed by atoms with van der Waals surface area (Å²) in [5.74, 6) is 5.64. The van der Waals surface area contributed by atoms with Gasteiger partial charge in [0.2, 0.25) is 0 Å². The molecule has 0 bridgehead atoms. The van der Waals surface area contributed by atoms with Crippen LogP contribution in [0.3, 0.4) is 0 Å². The number of hydrazine groups is 1. The van der Waals surface area contributed by atoms with Crippen LogP contribution in [0.15, 0.2) is 59.5 Å². The molecule has 5 N–H and O–H groups in total. The van der Waals surface area contributed by atoms with Crippen molar-refractivity contribution in [2.45, 2.75) is 37.6 Å². The first-order valence-electron chi connectivity index (χ1n) is 11.6. The summed E-state index contributed by atoms with van der Waals surface area (Å²) >= 11 is 1.69. The zero-order valence-electron chi connectivity index (χ0n) is 20.3. The molecule has 0 aromatic heterocycles. The number of aryl methyl sites for hydroxylation is 1. The van der Waals surface area contributed by atoms with Crippen molar-refractivity contribution in [3.8, 4) is 5.75 Å². The van der Waals surface area contributed by atoms with E-state index < -0.39 is 5.97 Å². The van der Waals surface area contributed by atoms with Gasteiger partial charge in [-0.25, -0.2) is 10.1 Å². The maximum atomic E-state index is 11.9. The second-order valence-electron chi connectivity index (χ2n) is 8.91. The van der Waals surface area contributed by atoms with Gasteiger partial charge in [0, 0.05) is 26.1 Å². The minimum absolute atomic E-state index is 0.0275. The molecule has 1 aliphatic rings. The molecule has 1 aliphatic heterocycles. The smallest absolute Gasteiger partial charge is 0.304 e. The summed E-state index contributed by atoms with van der Waals surface area (Å²) in [5.41, 5.74) is 12.7.